The van der Waals surface area contributed by atoms with Crippen molar-refractivity contribution >= 4 is 11.6 Å². The summed E-state index contributed by atoms with van der Waals surface area (Å²) in [6, 6.07) is 14.4. The molecule has 0 radical (unpaired) electrons. The third-order valence-electron chi connectivity index (χ3n) is 4.16. The van der Waals surface area contributed by atoms with Crippen molar-refractivity contribution in [1.29, 1.82) is 0 Å². The molecule has 1 heterocycles. The maximum atomic E-state index is 13.2. The second kappa shape index (κ2) is 7.41. The first kappa shape index (κ1) is 16.4. The van der Waals surface area contributed by atoms with Gasteiger partial charge in [-0.05, 0) is 37.1 Å². The lowest BCUT2D eigenvalue weighted by molar-refractivity contribution is -0.113. The summed E-state index contributed by atoms with van der Waals surface area (Å²) in [5, 5.41) is 2.76. The monoisotopic (exact) mass is 324 g/mol. The zero-order chi connectivity index (χ0) is 16.9. The highest BCUT2D eigenvalue weighted by atomic mass is 19.1. The lowest BCUT2D eigenvalue weighted by Crippen LogP contribution is -2.31. The molecule has 3 rings (SSSR count). The lowest BCUT2D eigenvalue weighted by atomic mass is 10.1. The fourth-order valence-corrected chi connectivity index (χ4v) is 2.91. The van der Waals surface area contributed by atoms with E-state index in [2.05, 4.69) is 41.4 Å². The van der Waals surface area contributed by atoms with Crippen molar-refractivity contribution in [2.45, 2.75) is 19.9 Å². The van der Waals surface area contributed by atoms with Gasteiger partial charge in [0.25, 0.3) is 5.91 Å². The Bertz CT molecular complexity index is 770. The van der Waals surface area contributed by atoms with Crippen LogP contribution in [0.3, 0.4) is 0 Å². The van der Waals surface area contributed by atoms with Gasteiger partial charge in [-0.25, -0.2) is 4.39 Å². The molecule has 0 fully saturated rings. The average molecular weight is 324 g/mol. The SMILES string of the molecule is Cc1cccc(CN2CC=C(C(=O)Nc3cccc(F)c3)CC2)c1. The summed E-state index contributed by atoms with van der Waals surface area (Å²) in [6.45, 7) is 4.57. The Balaban J connectivity index is 1.57. The van der Waals surface area contributed by atoms with E-state index in [4.69, 9.17) is 0 Å². The number of nitrogens with zero attached hydrogens (tertiary/aromatic N) is 1. The topological polar surface area (TPSA) is 32.3 Å². The molecule has 3 nitrogen and oxygen atoms in total. The van der Waals surface area contributed by atoms with E-state index in [0.29, 0.717) is 12.1 Å². The summed E-state index contributed by atoms with van der Waals surface area (Å²) in [5.41, 5.74) is 3.80. The van der Waals surface area contributed by atoms with Crippen LogP contribution in [0, 0.1) is 12.7 Å². The van der Waals surface area contributed by atoms with Crippen LogP contribution in [0.15, 0.2) is 60.2 Å². The van der Waals surface area contributed by atoms with Crippen LogP contribution in [0.25, 0.3) is 0 Å². The smallest absolute Gasteiger partial charge is 0.251 e. The van der Waals surface area contributed by atoms with Crippen LogP contribution in [0.2, 0.25) is 0 Å². The predicted molar refractivity (Wildman–Crippen MR) is 94.2 cm³/mol. The van der Waals surface area contributed by atoms with Crippen molar-refractivity contribution in [2.24, 2.45) is 0 Å². The first-order valence-corrected chi connectivity index (χ1v) is 8.14. The van der Waals surface area contributed by atoms with Crippen molar-refractivity contribution in [2.75, 3.05) is 18.4 Å². The highest BCUT2D eigenvalue weighted by Crippen LogP contribution is 2.17. The third-order valence-corrected chi connectivity index (χ3v) is 4.16. The minimum atomic E-state index is -0.352. The van der Waals surface area contributed by atoms with Crippen molar-refractivity contribution in [3.63, 3.8) is 0 Å². The maximum absolute atomic E-state index is 13.2. The van der Waals surface area contributed by atoms with E-state index in [1.165, 1.54) is 23.3 Å². The fourth-order valence-electron chi connectivity index (χ4n) is 2.91. The van der Waals surface area contributed by atoms with Crippen molar-refractivity contribution < 1.29 is 9.18 Å². The molecule has 0 aromatic heterocycles. The van der Waals surface area contributed by atoms with Crippen LogP contribution in [-0.2, 0) is 11.3 Å². The van der Waals surface area contributed by atoms with Gasteiger partial charge in [-0.1, -0.05) is 42.0 Å². The van der Waals surface area contributed by atoms with Gasteiger partial charge in [0.15, 0.2) is 0 Å². The number of hydrogen-bond donors (Lipinski definition) is 1. The van der Waals surface area contributed by atoms with E-state index in [1.807, 2.05) is 6.08 Å². The van der Waals surface area contributed by atoms with Crippen molar-refractivity contribution in [3.05, 3.63) is 77.1 Å². The van der Waals surface area contributed by atoms with Gasteiger partial charge < -0.3 is 5.32 Å². The Labute approximate surface area is 141 Å². The molecule has 0 bridgehead atoms. The minimum absolute atomic E-state index is 0.143. The molecule has 0 spiro atoms. The number of amides is 1. The third kappa shape index (κ3) is 4.30. The molecule has 0 aliphatic carbocycles. The molecular formula is C20H21FN2O. The molecule has 2 aromatic carbocycles. The van der Waals surface area contributed by atoms with Gasteiger partial charge >= 0.3 is 0 Å². The second-order valence-electron chi connectivity index (χ2n) is 6.17. The predicted octanol–water partition coefficient (Wildman–Crippen LogP) is 3.90. The van der Waals surface area contributed by atoms with Crippen LogP contribution in [0.1, 0.15) is 17.5 Å². The Morgan fingerprint density at radius 2 is 2.04 bits per heavy atom. The number of hydrogen-bond acceptors (Lipinski definition) is 2. The van der Waals surface area contributed by atoms with Crippen LogP contribution in [0.4, 0.5) is 10.1 Å². The Morgan fingerprint density at radius 1 is 1.21 bits per heavy atom. The Morgan fingerprint density at radius 3 is 2.75 bits per heavy atom. The van der Waals surface area contributed by atoms with Crippen LogP contribution >= 0.6 is 0 Å². The van der Waals surface area contributed by atoms with Gasteiger partial charge in [-0.2, -0.15) is 0 Å². The zero-order valence-electron chi connectivity index (χ0n) is 13.8. The average Bonchev–Trinajstić information content (AvgIpc) is 2.55. The quantitative estimate of drug-likeness (QED) is 0.925. The summed E-state index contributed by atoms with van der Waals surface area (Å²) >= 11 is 0. The Hall–Kier alpha value is -2.46. The number of carbonyl (C=O) groups is 1. The largest absolute Gasteiger partial charge is 0.322 e. The van der Waals surface area contributed by atoms with E-state index >= 15 is 0 Å². The molecule has 1 aliphatic rings. The molecule has 2 aromatic rings. The zero-order valence-corrected chi connectivity index (χ0v) is 13.8. The van der Waals surface area contributed by atoms with E-state index in [-0.39, 0.29) is 11.7 Å². The molecule has 4 heteroatoms. The van der Waals surface area contributed by atoms with Gasteiger partial charge in [-0.15, -0.1) is 0 Å². The fraction of sp³-hybridized carbons (Fsp3) is 0.250. The normalized spacial score (nSPS) is 15.0. The standard InChI is InChI=1S/C20H21FN2O/c1-15-4-2-5-16(12-15)14-23-10-8-17(9-11-23)20(24)22-19-7-3-6-18(21)13-19/h2-8,12-13H,9-11,14H2,1H3,(H,22,24). The number of nitrogens with one attached hydrogen (secondary N) is 1. The molecule has 1 amide bonds. The van der Waals surface area contributed by atoms with E-state index in [0.717, 1.165) is 25.2 Å². The number of rotatable bonds is 4. The highest BCUT2D eigenvalue weighted by molar-refractivity contribution is 6.03. The molecule has 124 valence electrons. The summed E-state index contributed by atoms with van der Waals surface area (Å²) in [5.74, 6) is -0.495. The van der Waals surface area contributed by atoms with Gasteiger partial charge in [0.05, 0.1) is 0 Å². The first-order chi connectivity index (χ1) is 11.6. The van der Waals surface area contributed by atoms with Crippen LogP contribution in [0.5, 0.6) is 0 Å². The number of aryl methyl sites for hydroxylation is 1. The number of anilines is 1. The summed E-state index contributed by atoms with van der Waals surface area (Å²) in [4.78, 5) is 14.6. The van der Waals surface area contributed by atoms with E-state index in [9.17, 15) is 9.18 Å². The molecule has 1 N–H and O–H groups in total. The molecule has 0 unspecified atom stereocenters. The van der Waals surface area contributed by atoms with Gasteiger partial charge in [0.2, 0.25) is 0 Å². The number of halogens is 1. The van der Waals surface area contributed by atoms with Crippen LogP contribution < -0.4 is 5.32 Å². The minimum Gasteiger partial charge on any atom is -0.322 e. The summed E-state index contributed by atoms with van der Waals surface area (Å²) < 4.78 is 13.2. The molecule has 1 aliphatic heterocycles. The van der Waals surface area contributed by atoms with Gasteiger partial charge in [-0.3, -0.25) is 9.69 Å². The van der Waals surface area contributed by atoms with Crippen molar-refractivity contribution in [3.8, 4) is 0 Å². The highest BCUT2D eigenvalue weighted by Gasteiger charge is 2.17. The molecule has 0 saturated carbocycles. The molecule has 0 saturated heterocycles. The molecular weight excluding hydrogens is 303 g/mol. The second-order valence-corrected chi connectivity index (χ2v) is 6.17. The first-order valence-electron chi connectivity index (χ1n) is 8.14. The Kier molecular flexibility index (Phi) is 5.06. The number of benzene rings is 2. The van der Waals surface area contributed by atoms with Gasteiger partial charge in [0.1, 0.15) is 5.82 Å². The summed E-state index contributed by atoms with van der Waals surface area (Å²) in [6.07, 6.45) is 2.67. The summed E-state index contributed by atoms with van der Waals surface area (Å²) in [7, 11) is 0. The van der Waals surface area contributed by atoms with Crippen molar-refractivity contribution in [1.82, 2.24) is 4.90 Å². The van der Waals surface area contributed by atoms with E-state index < -0.39 is 0 Å². The molecule has 0 atom stereocenters. The molecule has 24 heavy (non-hydrogen) atoms. The maximum Gasteiger partial charge on any atom is 0.251 e. The lowest BCUT2D eigenvalue weighted by Gasteiger charge is -2.26. The number of carbonyl (C=O) groups excluding carboxylic acids is 1. The van der Waals surface area contributed by atoms with E-state index in [1.54, 1.807) is 12.1 Å². The van der Waals surface area contributed by atoms with Crippen LogP contribution in [-0.4, -0.2) is 23.9 Å². The van der Waals surface area contributed by atoms with Gasteiger partial charge in [0, 0.05) is 30.9 Å².